The Morgan fingerprint density at radius 1 is 1.30 bits per heavy atom. The van der Waals surface area contributed by atoms with Crippen molar-refractivity contribution in [3.63, 3.8) is 0 Å². The summed E-state index contributed by atoms with van der Waals surface area (Å²) in [5.74, 6) is -0.135. The second-order valence-corrected chi connectivity index (χ2v) is 6.71. The van der Waals surface area contributed by atoms with Crippen molar-refractivity contribution in [2.24, 2.45) is 0 Å². The summed E-state index contributed by atoms with van der Waals surface area (Å²) < 4.78 is 1.73. The van der Waals surface area contributed by atoms with Crippen LogP contribution in [0.1, 0.15) is 10.4 Å². The number of nitrogens with two attached hydrogens (primary N) is 1. The summed E-state index contributed by atoms with van der Waals surface area (Å²) in [6.45, 7) is 0. The first-order chi connectivity index (χ1) is 9.40. The molecule has 0 saturated carbocycles. The molecule has 0 unspecified atom stereocenters. The van der Waals surface area contributed by atoms with Gasteiger partial charge in [0.25, 0.3) is 5.91 Å². The number of carbonyl (C=O) groups excluding carboxylic acids is 1. The molecule has 0 aliphatic heterocycles. The highest BCUT2D eigenvalue weighted by Gasteiger charge is 2.18. The Morgan fingerprint density at radius 2 is 2.00 bits per heavy atom. The molecule has 20 heavy (non-hydrogen) atoms. The summed E-state index contributed by atoms with van der Waals surface area (Å²) in [5, 5.41) is 0.540. The number of carbonyl (C=O) groups is 1. The van der Waals surface area contributed by atoms with Crippen LogP contribution < -0.4 is 10.6 Å². The topological polar surface area (TPSA) is 46.3 Å². The molecule has 0 atom stereocenters. The van der Waals surface area contributed by atoms with Crippen LogP contribution in [0.3, 0.4) is 0 Å². The number of rotatable bonds is 2. The van der Waals surface area contributed by atoms with Gasteiger partial charge in [0.2, 0.25) is 0 Å². The number of anilines is 2. The maximum Gasteiger partial charge on any atom is 0.259 e. The Morgan fingerprint density at radius 3 is 2.70 bits per heavy atom. The van der Waals surface area contributed by atoms with Gasteiger partial charge in [-0.15, -0.1) is 0 Å². The molecular weight excluding hydrogens is 454 g/mol. The molecule has 2 N–H and O–H groups in total. The van der Waals surface area contributed by atoms with Crippen LogP contribution in [0.4, 0.5) is 11.4 Å². The highest BCUT2D eigenvalue weighted by molar-refractivity contribution is 14.1. The molecule has 6 heteroatoms. The van der Waals surface area contributed by atoms with Crippen molar-refractivity contribution in [2.75, 3.05) is 17.7 Å². The largest absolute Gasteiger partial charge is 0.397 e. The van der Waals surface area contributed by atoms with Gasteiger partial charge in [-0.05, 0) is 59.0 Å². The molecule has 0 bridgehead atoms. The molecule has 0 saturated heterocycles. The minimum absolute atomic E-state index is 0.135. The normalized spacial score (nSPS) is 10.4. The standard InChI is InChI=1S/C14H11BrClIN2O/c1-19(13-7-9(16)3-5-12(13)18)14(20)10-6-8(15)2-4-11(10)17/h2-7H,18H2,1H3. The molecule has 1 amide bonds. The van der Waals surface area contributed by atoms with Crippen molar-refractivity contribution in [1.29, 1.82) is 0 Å². The molecule has 0 aliphatic rings. The monoisotopic (exact) mass is 464 g/mol. The van der Waals surface area contributed by atoms with Crippen molar-refractivity contribution >= 4 is 67.4 Å². The Balaban J connectivity index is 2.42. The lowest BCUT2D eigenvalue weighted by molar-refractivity contribution is 0.0992. The van der Waals surface area contributed by atoms with E-state index in [1.165, 1.54) is 4.90 Å². The number of hydrogen-bond donors (Lipinski definition) is 1. The Labute approximate surface area is 144 Å². The van der Waals surface area contributed by atoms with E-state index in [2.05, 4.69) is 38.5 Å². The molecule has 0 heterocycles. The van der Waals surface area contributed by atoms with E-state index >= 15 is 0 Å². The van der Waals surface area contributed by atoms with Crippen molar-refractivity contribution in [1.82, 2.24) is 0 Å². The van der Waals surface area contributed by atoms with Gasteiger partial charge in [0.15, 0.2) is 0 Å². The Kier molecular flexibility index (Phi) is 4.93. The van der Waals surface area contributed by atoms with Gasteiger partial charge in [-0.3, -0.25) is 4.79 Å². The molecule has 2 rings (SSSR count). The third-order valence-corrected chi connectivity index (χ3v) is 4.49. The summed E-state index contributed by atoms with van der Waals surface area (Å²) in [4.78, 5) is 14.1. The number of nitrogens with zero attached hydrogens (tertiary/aromatic N) is 1. The van der Waals surface area contributed by atoms with Crippen LogP contribution in [0.15, 0.2) is 40.9 Å². The predicted octanol–water partition coefficient (Wildman–Crippen LogP) is 4.57. The van der Waals surface area contributed by atoms with Crippen LogP contribution in [0.5, 0.6) is 0 Å². The second kappa shape index (κ2) is 6.32. The molecule has 0 spiro atoms. The van der Waals surface area contributed by atoms with E-state index in [4.69, 9.17) is 17.3 Å². The first kappa shape index (κ1) is 15.6. The number of nitrogen functional groups attached to an aromatic ring is 1. The molecule has 0 fully saturated rings. The van der Waals surface area contributed by atoms with E-state index in [1.807, 2.05) is 12.1 Å². The van der Waals surface area contributed by atoms with Gasteiger partial charge < -0.3 is 10.6 Å². The van der Waals surface area contributed by atoms with E-state index < -0.39 is 0 Å². The molecular formula is C14H11BrClIN2O. The van der Waals surface area contributed by atoms with Crippen LogP contribution in [-0.2, 0) is 0 Å². The van der Waals surface area contributed by atoms with Crippen molar-refractivity contribution in [3.8, 4) is 0 Å². The molecule has 2 aromatic rings. The number of halogens is 3. The fourth-order valence-electron chi connectivity index (χ4n) is 1.76. The summed E-state index contributed by atoms with van der Waals surface area (Å²) in [6, 6.07) is 10.6. The van der Waals surface area contributed by atoms with Gasteiger partial charge in [-0.1, -0.05) is 27.5 Å². The van der Waals surface area contributed by atoms with E-state index in [0.717, 1.165) is 8.04 Å². The molecule has 104 valence electrons. The zero-order valence-corrected chi connectivity index (χ0v) is 15.0. The van der Waals surface area contributed by atoms with Crippen molar-refractivity contribution in [3.05, 3.63) is 55.0 Å². The zero-order chi connectivity index (χ0) is 14.9. The van der Waals surface area contributed by atoms with Gasteiger partial charge in [0.1, 0.15) is 0 Å². The minimum Gasteiger partial charge on any atom is -0.397 e. The third-order valence-electron chi connectivity index (χ3n) is 2.82. The second-order valence-electron chi connectivity index (χ2n) is 4.19. The average molecular weight is 466 g/mol. The predicted molar refractivity (Wildman–Crippen MR) is 95.5 cm³/mol. The maximum atomic E-state index is 12.6. The lowest BCUT2D eigenvalue weighted by atomic mass is 10.2. The summed E-state index contributed by atoms with van der Waals surface area (Å²) in [7, 11) is 1.68. The Bertz CT molecular complexity index is 678. The first-order valence-electron chi connectivity index (χ1n) is 5.68. The maximum absolute atomic E-state index is 12.6. The number of hydrogen-bond acceptors (Lipinski definition) is 2. The summed E-state index contributed by atoms with van der Waals surface area (Å²) in [5.41, 5.74) is 7.63. The Hall–Kier alpha value is -0.790. The van der Waals surface area contributed by atoms with Gasteiger partial charge in [0.05, 0.1) is 16.9 Å². The van der Waals surface area contributed by atoms with Crippen molar-refractivity contribution in [2.45, 2.75) is 0 Å². The molecule has 0 radical (unpaired) electrons. The lowest BCUT2D eigenvalue weighted by Crippen LogP contribution is -2.27. The molecule has 3 nitrogen and oxygen atoms in total. The number of benzene rings is 2. The van der Waals surface area contributed by atoms with E-state index in [0.29, 0.717) is 22.0 Å². The summed E-state index contributed by atoms with van der Waals surface area (Å²) in [6.07, 6.45) is 0. The van der Waals surface area contributed by atoms with Gasteiger partial charge >= 0.3 is 0 Å². The van der Waals surface area contributed by atoms with Crippen LogP contribution in [-0.4, -0.2) is 13.0 Å². The molecule has 0 aromatic heterocycles. The van der Waals surface area contributed by atoms with E-state index in [-0.39, 0.29) is 5.91 Å². The third kappa shape index (κ3) is 3.27. The highest BCUT2D eigenvalue weighted by atomic mass is 127. The highest BCUT2D eigenvalue weighted by Crippen LogP contribution is 2.28. The van der Waals surface area contributed by atoms with Crippen LogP contribution in [0.2, 0.25) is 5.02 Å². The fourth-order valence-corrected chi connectivity index (χ4v) is 2.85. The van der Waals surface area contributed by atoms with E-state index in [1.54, 1.807) is 31.3 Å². The van der Waals surface area contributed by atoms with Crippen molar-refractivity contribution < 1.29 is 4.79 Å². The molecule has 2 aromatic carbocycles. The number of amides is 1. The first-order valence-corrected chi connectivity index (χ1v) is 7.93. The SMILES string of the molecule is CN(C(=O)c1cc(Br)ccc1I)c1cc(Cl)ccc1N. The van der Waals surface area contributed by atoms with Crippen LogP contribution in [0.25, 0.3) is 0 Å². The lowest BCUT2D eigenvalue weighted by Gasteiger charge is -2.20. The van der Waals surface area contributed by atoms with Gasteiger partial charge in [-0.25, -0.2) is 0 Å². The summed E-state index contributed by atoms with van der Waals surface area (Å²) >= 11 is 11.5. The molecule has 0 aliphatic carbocycles. The van der Waals surface area contributed by atoms with Crippen LogP contribution in [0, 0.1) is 3.57 Å². The minimum atomic E-state index is -0.135. The average Bonchev–Trinajstić information content (AvgIpc) is 2.42. The van der Waals surface area contributed by atoms with Crippen LogP contribution >= 0.6 is 50.1 Å². The van der Waals surface area contributed by atoms with Gasteiger partial charge in [-0.2, -0.15) is 0 Å². The zero-order valence-electron chi connectivity index (χ0n) is 10.5. The van der Waals surface area contributed by atoms with Gasteiger partial charge in [0, 0.05) is 20.1 Å². The smallest absolute Gasteiger partial charge is 0.259 e. The quantitative estimate of drug-likeness (QED) is 0.522. The van der Waals surface area contributed by atoms with E-state index in [9.17, 15) is 4.79 Å². The fraction of sp³-hybridized carbons (Fsp3) is 0.0714.